The molecule has 1 aliphatic rings. The number of sulfone groups is 1. The minimum absolute atomic E-state index is 0.119. The Kier molecular flexibility index (Phi) is 3.05. The molecule has 1 atom stereocenters. The summed E-state index contributed by atoms with van der Waals surface area (Å²) in [6.45, 7) is 3.51. The molecule has 112 valence electrons. The van der Waals surface area contributed by atoms with Crippen LogP contribution in [-0.4, -0.2) is 34.3 Å². The first-order chi connectivity index (χ1) is 9.81. The molecule has 0 spiro atoms. The van der Waals surface area contributed by atoms with E-state index in [1.54, 1.807) is 17.5 Å². The van der Waals surface area contributed by atoms with Gasteiger partial charge in [0.1, 0.15) is 16.2 Å². The van der Waals surface area contributed by atoms with E-state index in [-0.39, 0.29) is 11.4 Å². The first-order valence-electron chi connectivity index (χ1n) is 6.81. The zero-order valence-corrected chi connectivity index (χ0v) is 12.8. The van der Waals surface area contributed by atoms with Gasteiger partial charge in [-0.1, -0.05) is 0 Å². The van der Waals surface area contributed by atoms with E-state index in [1.165, 1.54) is 0 Å². The predicted molar refractivity (Wildman–Crippen MR) is 78.8 cm³/mol. The minimum Gasteiger partial charge on any atom is -0.332 e. The van der Waals surface area contributed by atoms with E-state index in [0.29, 0.717) is 18.5 Å². The van der Waals surface area contributed by atoms with Crippen LogP contribution in [0.4, 0.5) is 0 Å². The van der Waals surface area contributed by atoms with Gasteiger partial charge in [0.15, 0.2) is 9.84 Å². The van der Waals surface area contributed by atoms with Crippen LogP contribution in [0.5, 0.6) is 0 Å². The fourth-order valence-corrected chi connectivity index (χ4v) is 4.30. The van der Waals surface area contributed by atoms with Gasteiger partial charge in [0, 0.05) is 12.4 Å². The van der Waals surface area contributed by atoms with Crippen molar-refractivity contribution in [2.75, 3.05) is 5.75 Å². The van der Waals surface area contributed by atoms with Crippen molar-refractivity contribution in [1.82, 2.24) is 14.7 Å². The molecule has 2 aromatic heterocycles. The summed E-state index contributed by atoms with van der Waals surface area (Å²) in [5.74, 6) is -0.335. The minimum atomic E-state index is -3.29. The van der Waals surface area contributed by atoms with Crippen LogP contribution < -0.4 is 5.32 Å². The molecule has 1 aliphatic heterocycles. The summed E-state index contributed by atoms with van der Waals surface area (Å²) < 4.78 is 25.8. The summed E-state index contributed by atoms with van der Waals surface area (Å²) >= 11 is 0. The normalized spacial score (nSPS) is 24.3. The molecule has 1 fully saturated rings. The second-order valence-corrected chi connectivity index (χ2v) is 8.24. The summed E-state index contributed by atoms with van der Waals surface area (Å²) in [5.41, 5.74) is 1.94. The van der Waals surface area contributed by atoms with Gasteiger partial charge in [0.05, 0.1) is 5.75 Å². The first kappa shape index (κ1) is 14.1. The van der Waals surface area contributed by atoms with E-state index in [4.69, 9.17) is 0 Å². The monoisotopic (exact) mass is 307 g/mol. The Morgan fingerprint density at radius 2 is 2.24 bits per heavy atom. The average molecular weight is 307 g/mol. The van der Waals surface area contributed by atoms with Gasteiger partial charge in [-0.15, -0.1) is 0 Å². The van der Waals surface area contributed by atoms with Gasteiger partial charge in [-0.3, -0.25) is 4.79 Å². The average Bonchev–Trinajstić information content (AvgIpc) is 2.91. The SMILES string of the molecule is Cc1ccn2cc(C(=O)NC3(C)CCCS3(=O)=O)nc2c1. The molecule has 21 heavy (non-hydrogen) atoms. The maximum absolute atomic E-state index is 12.3. The van der Waals surface area contributed by atoms with Crippen molar-refractivity contribution < 1.29 is 13.2 Å². The molecule has 1 amide bonds. The summed E-state index contributed by atoms with van der Waals surface area (Å²) in [4.78, 5) is 15.4. The third kappa shape index (κ3) is 2.31. The van der Waals surface area contributed by atoms with Crippen LogP contribution in [0.25, 0.3) is 5.65 Å². The highest BCUT2D eigenvalue weighted by atomic mass is 32.2. The number of nitrogens with zero attached hydrogens (tertiary/aromatic N) is 2. The van der Waals surface area contributed by atoms with Crippen molar-refractivity contribution in [1.29, 1.82) is 0 Å². The van der Waals surface area contributed by atoms with Crippen molar-refractivity contribution in [3.8, 4) is 0 Å². The fourth-order valence-electron chi connectivity index (χ4n) is 2.62. The van der Waals surface area contributed by atoms with Crippen molar-refractivity contribution in [2.45, 2.75) is 31.6 Å². The first-order valence-corrected chi connectivity index (χ1v) is 8.46. The molecule has 2 aromatic rings. The van der Waals surface area contributed by atoms with Gasteiger partial charge in [-0.05, 0) is 44.4 Å². The lowest BCUT2D eigenvalue weighted by molar-refractivity contribution is 0.0925. The largest absolute Gasteiger partial charge is 0.332 e. The maximum atomic E-state index is 12.3. The van der Waals surface area contributed by atoms with Crippen LogP contribution in [0.2, 0.25) is 0 Å². The molecule has 1 saturated heterocycles. The zero-order valence-electron chi connectivity index (χ0n) is 12.0. The van der Waals surface area contributed by atoms with Crippen LogP contribution in [0.3, 0.4) is 0 Å². The Morgan fingerprint density at radius 1 is 1.48 bits per heavy atom. The van der Waals surface area contributed by atoms with E-state index in [9.17, 15) is 13.2 Å². The summed E-state index contributed by atoms with van der Waals surface area (Å²) in [6.07, 6.45) is 4.44. The molecule has 0 bridgehead atoms. The van der Waals surface area contributed by atoms with Crippen LogP contribution in [-0.2, 0) is 9.84 Å². The van der Waals surface area contributed by atoms with E-state index < -0.39 is 20.6 Å². The zero-order chi connectivity index (χ0) is 15.3. The van der Waals surface area contributed by atoms with Gasteiger partial charge >= 0.3 is 0 Å². The second kappa shape index (κ2) is 4.56. The van der Waals surface area contributed by atoms with E-state index >= 15 is 0 Å². The molecule has 7 heteroatoms. The van der Waals surface area contributed by atoms with E-state index in [0.717, 1.165) is 5.56 Å². The third-order valence-corrected chi connectivity index (χ3v) is 6.48. The van der Waals surface area contributed by atoms with Gasteiger partial charge in [-0.2, -0.15) is 0 Å². The van der Waals surface area contributed by atoms with Crippen molar-refractivity contribution in [2.24, 2.45) is 0 Å². The molecule has 0 aromatic carbocycles. The Balaban J connectivity index is 1.91. The number of aryl methyl sites for hydroxylation is 1. The molecular weight excluding hydrogens is 290 g/mol. The van der Waals surface area contributed by atoms with Crippen molar-refractivity contribution in [3.05, 3.63) is 35.8 Å². The molecule has 0 radical (unpaired) electrons. The quantitative estimate of drug-likeness (QED) is 0.907. The van der Waals surface area contributed by atoms with Gasteiger partial charge in [0.25, 0.3) is 5.91 Å². The van der Waals surface area contributed by atoms with E-state index in [2.05, 4.69) is 10.3 Å². The standard InChI is InChI=1S/C14H17N3O3S/c1-10-4-6-17-9-11(15-12(17)8-10)13(18)16-14(2)5-3-7-21(14,19)20/h4,6,8-9H,3,5,7H2,1-2H3,(H,16,18). The summed E-state index contributed by atoms with van der Waals surface area (Å²) in [7, 11) is -3.29. The summed E-state index contributed by atoms with van der Waals surface area (Å²) in [6, 6.07) is 3.78. The number of amides is 1. The van der Waals surface area contributed by atoms with Crippen molar-refractivity contribution >= 4 is 21.4 Å². The maximum Gasteiger partial charge on any atom is 0.272 e. The number of nitrogens with one attached hydrogen (secondary N) is 1. The third-order valence-electron chi connectivity index (χ3n) is 3.98. The Bertz CT molecular complexity index is 825. The molecule has 6 nitrogen and oxygen atoms in total. The number of hydrogen-bond acceptors (Lipinski definition) is 4. The Morgan fingerprint density at radius 3 is 2.90 bits per heavy atom. The number of hydrogen-bond donors (Lipinski definition) is 1. The molecule has 0 aliphatic carbocycles. The molecule has 1 N–H and O–H groups in total. The number of carbonyl (C=O) groups excluding carboxylic acids is 1. The van der Waals surface area contributed by atoms with Crippen LogP contribution in [0, 0.1) is 6.92 Å². The van der Waals surface area contributed by atoms with Gasteiger partial charge in [-0.25, -0.2) is 13.4 Å². The number of carbonyl (C=O) groups is 1. The highest BCUT2D eigenvalue weighted by Crippen LogP contribution is 2.29. The lowest BCUT2D eigenvalue weighted by Gasteiger charge is -2.23. The lowest BCUT2D eigenvalue weighted by Crippen LogP contribution is -2.49. The molecule has 1 unspecified atom stereocenters. The molecule has 3 heterocycles. The Labute approximate surface area is 123 Å². The Hall–Kier alpha value is -1.89. The number of imidazole rings is 1. The number of aromatic nitrogens is 2. The smallest absolute Gasteiger partial charge is 0.272 e. The lowest BCUT2D eigenvalue weighted by atomic mass is 10.2. The van der Waals surface area contributed by atoms with Crippen LogP contribution >= 0.6 is 0 Å². The second-order valence-electron chi connectivity index (χ2n) is 5.70. The topological polar surface area (TPSA) is 80.5 Å². The van der Waals surface area contributed by atoms with Crippen LogP contribution in [0.1, 0.15) is 35.8 Å². The number of pyridine rings is 1. The molecule has 3 rings (SSSR count). The molecular formula is C14H17N3O3S. The van der Waals surface area contributed by atoms with E-state index in [1.807, 2.05) is 25.3 Å². The van der Waals surface area contributed by atoms with Gasteiger partial charge in [0.2, 0.25) is 0 Å². The number of rotatable bonds is 2. The highest BCUT2D eigenvalue weighted by molar-refractivity contribution is 7.93. The fraction of sp³-hybridized carbons (Fsp3) is 0.429. The predicted octanol–water partition coefficient (Wildman–Crippen LogP) is 1.30. The van der Waals surface area contributed by atoms with Gasteiger partial charge < -0.3 is 9.72 Å². The van der Waals surface area contributed by atoms with Crippen molar-refractivity contribution in [3.63, 3.8) is 0 Å². The highest BCUT2D eigenvalue weighted by Gasteiger charge is 2.44. The summed E-state index contributed by atoms with van der Waals surface area (Å²) in [5, 5.41) is 2.63. The number of fused-ring (bicyclic) bond motifs is 1. The van der Waals surface area contributed by atoms with Crippen LogP contribution in [0.15, 0.2) is 24.5 Å². The molecule has 0 saturated carbocycles.